The highest BCUT2D eigenvalue weighted by Crippen LogP contribution is 2.37. The van der Waals surface area contributed by atoms with Crippen molar-refractivity contribution in [1.82, 2.24) is 5.32 Å². The molecule has 0 saturated carbocycles. The second-order valence-corrected chi connectivity index (χ2v) is 7.35. The van der Waals surface area contributed by atoms with Gasteiger partial charge in [-0.3, -0.25) is 4.79 Å². The van der Waals surface area contributed by atoms with Crippen molar-refractivity contribution in [2.45, 2.75) is 25.2 Å². The van der Waals surface area contributed by atoms with Crippen LogP contribution in [-0.2, 0) is 11.2 Å². The standard InChI is InChI=1S/C21H22ClF2NO2/c1-27-17-10-19(23)21(20(24)11-17)18-6-7-25-12-14(18)9-16(26)8-13-2-4-15(22)5-3-13/h2-5,10-11,14,18,25H,6-9,12H2,1H3/t14-,18-/m1/s1. The molecule has 1 aliphatic rings. The van der Waals surface area contributed by atoms with E-state index in [1.807, 2.05) is 12.1 Å². The van der Waals surface area contributed by atoms with Crippen molar-refractivity contribution < 1.29 is 18.3 Å². The van der Waals surface area contributed by atoms with Gasteiger partial charge in [-0.15, -0.1) is 0 Å². The Hall–Kier alpha value is -1.98. The first-order chi connectivity index (χ1) is 13.0. The van der Waals surface area contributed by atoms with E-state index >= 15 is 0 Å². The van der Waals surface area contributed by atoms with Gasteiger partial charge < -0.3 is 10.1 Å². The zero-order valence-corrected chi connectivity index (χ0v) is 15.9. The van der Waals surface area contributed by atoms with Crippen molar-refractivity contribution in [3.8, 4) is 5.75 Å². The van der Waals surface area contributed by atoms with Crippen molar-refractivity contribution in [2.75, 3.05) is 20.2 Å². The van der Waals surface area contributed by atoms with Gasteiger partial charge in [-0.05, 0) is 49.0 Å². The van der Waals surface area contributed by atoms with E-state index in [4.69, 9.17) is 16.3 Å². The van der Waals surface area contributed by atoms with E-state index in [1.54, 1.807) is 12.1 Å². The predicted molar refractivity (Wildman–Crippen MR) is 101 cm³/mol. The molecule has 2 aromatic rings. The van der Waals surface area contributed by atoms with Crippen LogP contribution in [0.1, 0.15) is 29.9 Å². The van der Waals surface area contributed by atoms with Crippen LogP contribution in [0, 0.1) is 17.6 Å². The second-order valence-electron chi connectivity index (χ2n) is 6.91. The lowest BCUT2D eigenvalue weighted by Gasteiger charge is -2.32. The number of hydrogen-bond acceptors (Lipinski definition) is 3. The van der Waals surface area contributed by atoms with Crippen LogP contribution in [-0.4, -0.2) is 26.0 Å². The monoisotopic (exact) mass is 393 g/mol. The van der Waals surface area contributed by atoms with Gasteiger partial charge in [-0.2, -0.15) is 0 Å². The SMILES string of the molecule is COc1cc(F)c([C@@H]2CCNC[C@H]2CC(=O)Cc2ccc(Cl)cc2)c(F)c1. The summed E-state index contributed by atoms with van der Waals surface area (Å²) < 4.78 is 34.0. The Bertz CT molecular complexity index is 787. The van der Waals surface area contributed by atoms with Gasteiger partial charge in [0.2, 0.25) is 0 Å². The van der Waals surface area contributed by atoms with Gasteiger partial charge in [0, 0.05) is 35.6 Å². The molecule has 3 nitrogen and oxygen atoms in total. The molecule has 1 aliphatic heterocycles. The van der Waals surface area contributed by atoms with E-state index in [0.717, 1.165) is 5.56 Å². The summed E-state index contributed by atoms with van der Waals surface area (Å²) in [5.74, 6) is -1.53. The molecule has 2 atom stereocenters. The van der Waals surface area contributed by atoms with Crippen molar-refractivity contribution >= 4 is 17.4 Å². The zero-order chi connectivity index (χ0) is 19.4. The number of nitrogens with one attached hydrogen (secondary N) is 1. The van der Waals surface area contributed by atoms with Crippen LogP contribution in [0.25, 0.3) is 0 Å². The summed E-state index contributed by atoms with van der Waals surface area (Å²) in [5, 5.41) is 3.85. The van der Waals surface area contributed by atoms with Crippen LogP contribution in [0.4, 0.5) is 8.78 Å². The molecule has 3 rings (SSSR count). The van der Waals surface area contributed by atoms with E-state index in [2.05, 4.69) is 5.32 Å². The number of ether oxygens (including phenoxy) is 1. The maximum atomic E-state index is 14.5. The highest BCUT2D eigenvalue weighted by Gasteiger charge is 2.32. The molecule has 0 unspecified atom stereocenters. The topological polar surface area (TPSA) is 38.3 Å². The van der Waals surface area contributed by atoms with E-state index in [9.17, 15) is 13.6 Å². The fourth-order valence-electron chi connectivity index (χ4n) is 3.75. The minimum absolute atomic E-state index is 0.0466. The van der Waals surface area contributed by atoms with Crippen LogP contribution in [0.5, 0.6) is 5.75 Å². The van der Waals surface area contributed by atoms with E-state index in [1.165, 1.54) is 19.2 Å². The normalized spacial score (nSPS) is 19.7. The molecular formula is C21H22ClF2NO2. The number of ketones is 1. The fraction of sp³-hybridized carbons (Fsp3) is 0.381. The smallest absolute Gasteiger partial charge is 0.137 e. The number of methoxy groups -OCH3 is 1. The van der Waals surface area contributed by atoms with Crippen LogP contribution in [0.15, 0.2) is 36.4 Å². The first-order valence-electron chi connectivity index (χ1n) is 8.97. The van der Waals surface area contributed by atoms with E-state index in [-0.39, 0.29) is 41.8 Å². The molecule has 1 fully saturated rings. The van der Waals surface area contributed by atoms with Crippen molar-refractivity contribution in [2.24, 2.45) is 5.92 Å². The van der Waals surface area contributed by atoms with Crippen LogP contribution in [0.2, 0.25) is 5.02 Å². The van der Waals surface area contributed by atoms with Crippen LogP contribution >= 0.6 is 11.6 Å². The minimum atomic E-state index is -0.617. The number of carbonyl (C=O) groups excluding carboxylic acids is 1. The number of Topliss-reactive ketones (excluding diaryl/α,β-unsaturated/α-hetero) is 1. The first-order valence-corrected chi connectivity index (χ1v) is 9.35. The Morgan fingerprint density at radius 3 is 2.52 bits per heavy atom. The molecular weight excluding hydrogens is 372 g/mol. The molecule has 0 aliphatic carbocycles. The predicted octanol–water partition coefficient (Wildman–Crippen LogP) is 4.52. The Morgan fingerprint density at radius 1 is 1.22 bits per heavy atom. The summed E-state index contributed by atoms with van der Waals surface area (Å²) >= 11 is 5.87. The third-order valence-electron chi connectivity index (χ3n) is 5.07. The molecule has 1 N–H and O–H groups in total. The third-order valence-corrected chi connectivity index (χ3v) is 5.32. The average molecular weight is 394 g/mol. The third kappa shape index (κ3) is 4.85. The van der Waals surface area contributed by atoms with Gasteiger partial charge in [-0.1, -0.05) is 23.7 Å². The molecule has 1 heterocycles. The molecule has 144 valence electrons. The van der Waals surface area contributed by atoms with Gasteiger partial charge >= 0.3 is 0 Å². The highest BCUT2D eigenvalue weighted by molar-refractivity contribution is 6.30. The van der Waals surface area contributed by atoms with Gasteiger partial charge in [0.1, 0.15) is 23.2 Å². The summed E-state index contributed by atoms with van der Waals surface area (Å²) in [4.78, 5) is 12.5. The van der Waals surface area contributed by atoms with Crippen LogP contribution in [0.3, 0.4) is 0 Å². The van der Waals surface area contributed by atoms with E-state index < -0.39 is 11.6 Å². The zero-order valence-electron chi connectivity index (χ0n) is 15.1. The molecule has 2 aromatic carbocycles. The number of halogens is 3. The molecule has 0 bridgehead atoms. The van der Waals surface area contributed by atoms with Gasteiger partial charge in [0.15, 0.2) is 0 Å². The first kappa shape index (κ1) is 19.8. The van der Waals surface area contributed by atoms with Gasteiger partial charge in [0.25, 0.3) is 0 Å². The quantitative estimate of drug-likeness (QED) is 0.784. The Morgan fingerprint density at radius 2 is 1.89 bits per heavy atom. The maximum Gasteiger partial charge on any atom is 0.137 e. The fourth-order valence-corrected chi connectivity index (χ4v) is 3.87. The Balaban J connectivity index is 1.76. The highest BCUT2D eigenvalue weighted by atomic mass is 35.5. The van der Waals surface area contributed by atoms with Gasteiger partial charge in [0.05, 0.1) is 7.11 Å². The summed E-state index contributed by atoms with van der Waals surface area (Å²) in [6.07, 6.45) is 1.14. The van der Waals surface area contributed by atoms with Gasteiger partial charge in [-0.25, -0.2) is 8.78 Å². The number of hydrogen-bond donors (Lipinski definition) is 1. The molecule has 0 spiro atoms. The molecule has 1 saturated heterocycles. The summed E-state index contributed by atoms with van der Waals surface area (Å²) in [6.45, 7) is 1.22. The van der Waals surface area contributed by atoms with E-state index in [0.29, 0.717) is 24.5 Å². The molecule has 27 heavy (non-hydrogen) atoms. The summed E-state index contributed by atoms with van der Waals surface area (Å²) in [6, 6.07) is 9.54. The summed E-state index contributed by atoms with van der Waals surface area (Å²) in [7, 11) is 1.37. The van der Waals surface area contributed by atoms with Crippen molar-refractivity contribution in [3.05, 3.63) is 64.2 Å². The molecule has 6 heteroatoms. The Kier molecular flexibility index (Phi) is 6.45. The minimum Gasteiger partial charge on any atom is -0.497 e. The van der Waals surface area contributed by atoms with Crippen LogP contribution < -0.4 is 10.1 Å². The molecule has 0 aromatic heterocycles. The number of rotatable bonds is 6. The lowest BCUT2D eigenvalue weighted by Crippen LogP contribution is -2.37. The van der Waals surface area contributed by atoms with Crippen molar-refractivity contribution in [1.29, 1.82) is 0 Å². The lowest BCUT2D eigenvalue weighted by atomic mass is 9.77. The number of piperidine rings is 1. The largest absolute Gasteiger partial charge is 0.497 e. The number of benzene rings is 2. The average Bonchev–Trinajstić information content (AvgIpc) is 2.64. The maximum absolute atomic E-state index is 14.5. The Labute approximate surface area is 162 Å². The second kappa shape index (κ2) is 8.81. The van der Waals surface area contributed by atoms with Crippen molar-refractivity contribution in [3.63, 3.8) is 0 Å². The number of carbonyl (C=O) groups is 1. The molecule has 0 amide bonds. The lowest BCUT2D eigenvalue weighted by molar-refractivity contribution is -0.119. The summed E-state index contributed by atoms with van der Waals surface area (Å²) in [5.41, 5.74) is 0.938. The molecule has 0 radical (unpaired) electrons.